The highest BCUT2D eigenvalue weighted by Crippen LogP contribution is 2.29. The molecule has 0 saturated carbocycles. The average molecular weight is 600 g/mol. The van der Waals surface area contributed by atoms with Crippen LogP contribution in [-0.4, -0.2) is 56.4 Å². The van der Waals surface area contributed by atoms with Crippen molar-refractivity contribution in [3.63, 3.8) is 0 Å². The minimum atomic E-state index is -4.54. The third-order valence-electron chi connectivity index (χ3n) is 5.65. The molecule has 4 N–H and O–H groups in total. The predicted octanol–water partition coefficient (Wildman–Crippen LogP) is 4.10. The summed E-state index contributed by atoms with van der Waals surface area (Å²) in [5.41, 5.74) is 0.332. The van der Waals surface area contributed by atoms with Gasteiger partial charge in [0.1, 0.15) is 32.9 Å². The third-order valence-corrected chi connectivity index (χ3v) is 7.54. The van der Waals surface area contributed by atoms with E-state index in [1.165, 1.54) is 30.8 Å². The lowest BCUT2D eigenvalue weighted by Crippen LogP contribution is -2.51. The van der Waals surface area contributed by atoms with Crippen molar-refractivity contribution in [3.8, 4) is 16.6 Å². The Morgan fingerprint density at radius 3 is 2.50 bits per heavy atom. The van der Waals surface area contributed by atoms with E-state index in [2.05, 4.69) is 20.6 Å². The zero-order valence-electron chi connectivity index (χ0n) is 21.0. The molecule has 2 amide bonds. The minimum absolute atomic E-state index is 0.0454. The fraction of sp³-hybridized carbons (Fsp3) is 0.400. The van der Waals surface area contributed by atoms with Gasteiger partial charge in [0.25, 0.3) is 5.91 Å². The molecule has 15 heteroatoms. The quantitative estimate of drug-likeness (QED) is 0.229. The first-order valence-electron chi connectivity index (χ1n) is 12.0. The van der Waals surface area contributed by atoms with E-state index in [4.69, 9.17) is 5.26 Å². The summed E-state index contributed by atoms with van der Waals surface area (Å²) in [5, 5.41) is 36.2. The molecule has 0 saturated heterocycles. The van der Waals surface area contributed by atoms with Crippen molar-refractivity contribution < 1.29 is 37.4 Å². The van der Waals surface area contributed by atoms with Gasteiger partial charge >= 0.3 is 6.18 Å². The number of carbonyl (C=O) groups excluding carboxylic acids is 2. The maximum Gasteiger partial charge on any atom is 0.389 e. The van der Waals surface area contributed by atoms with Gasteiger partial charge in [-0.25, -0.2) is 14.4 Å². The molecular weight excluding hydrogens is 574 g/mol. The summed E-state index contributed by atoms with van der Waals surface area (Å²) in [7, 11) is 0. The summed E-state index contributed by atoms with van der Waals surface area (Å²) < 4.78 is 52.7. The molecule has 0 bridgehead atoms. The Morgan fingerprint density at radius 1 is 1.12 bits per heavy atom. The van der Waals surface area contributed by atoms with Gasteiger partial charge in [0.2, 0.25) is 5.91 Å². The van der Waals surface area contributed by atoms with Crippen molar-refractivity contribution >= 4 is 34.5 Å². The van der Waals surface area contributed by atoms with Crippen LogP contribution in [-0.2, 0) is 4.79 Å². The van der Waals surface area contributed by atoms with Gasteiger partial charge in [-0.15, -0.1) is 22.7 Å². The Hall–Kier alpha value is -3.45. The number of hydrogen-bond donors (Lipinski definition) is 4. The molecule has 40 heavy (non-hydrogen) atoms. The van der Waals surface area contributed by atoms with Crippen LogP contribution >= 0.6 is 22.7 Å². The number of aromatic nitrogens is 2. The largest absolute Gasteiger partial charge is 0.393 e. The third kappa shape index (κ3) is 9.05. The summed E-state index contributed by atoms with van der Waals surface area (Å²) >= 11 is 1.89. The van der Waals surface area contributed by atoms with Crippen molar-refractivity contribution in [2.75, 3.05) is 0 Å². The molecular formula is C25H25F4N5O4S2. The van der Waals surface area contributed by atoms with E-state index in [1.54, 1.807) is 0 Å². The van der Waals surface area contributed by atoms with E-state index in [0.29, 0.717) is 0 Å². The lowest BCUT2D eigenvalue weighted by molar-refractivity contribution is -0.140. The van der Waals surface area contributed by atoms with Crippen molar-refractivity contribution in [3.05, 3.63) is 57.2 Å². The molecule has 3 rings (SSSR count). The summed E-state index contributed by atoms with van der Waals surface area (Å²) in [6, 6.07) is 2.79. The van der Waals surface area contributed by atoms with Crippen molar-refractivity contribution in [1.82, 2.24) is 20.6 Å². The fourth-order valence-electron chi connectivity index (χ4n) is 3.66. The second-order valence-electron chi connectivity index (χ2n) is 8.91. The predicted molar refractivity (Wildman–Crippen MR) is 139 cm³/mol. The number of nitriles is 1. The fourth-order valence-corrected chi connectivity index (χ4v) is 5.15. The van der Waals surface area contributed by atoms with Crippen LogP contribution in [0.1, 0.15) is 59.0 Å². The highest BCUT2D eigenvalue weighted by atomic mass is 32.1. The molecule has 0 radical (unpaired) electrons. The summed E-state index contributed by atoms with van der Waals surface area (Å²) in [5.74, 6) is -2.26. The molecule has 0 aliphatic rings. The number of hydrogen-bond acceptors (Lipinski definition) is 9. The number of alkyl halides is 3. The number of benzene rings is 1. The first-order chi connectivity index (χ1) is 18.9. The molecule has 4 atom stereocenters. The number of amides is 2. The zero-order chi connectivity index (χ0) is 29.4. The number of carbonyl (C=O) groups is 2. The van der Waals surface area contributed by atoms with Gasteiger partial charge in [0.05, 0.1) is 30.0 Å². The van der Waals surface area contributed by atoms with E-state index in [1.807, 2.05) is 6.07 Å². The Bertz CT molecular complexity index is 1340. The smallest absolute Gasteiger partial charge is 0.389 e. The van der Waals surface area contributed by atoms with E-state index in [-0.39, 0.29) is 38.9 Å². The molecule has 9 nitrogen and oxygen atoms in total. The van der Waals surface area contributed by atoms with Crippen LogP contribution in [0.4, 0.5) is 17.6 Å². The molecule has 2 heterocycles. The normalized spacial score (nSPS) is 14.6. The molecule has 3 aromatic rings. The second-order valence-corrected chi connectivity index (χ2v) is 10.9. The lowest BCUT2D eigenvalue weighted by atomic mass is 10.0. The first kappa shape index (κ1) is 31.1. The zero-order valence-corrected chi connectivity index (χ0v) is 22.6. The summed E-state index contributed by atoms with van der Waals surface area (Å²) in [6.45, 7) is 1.47. The van der Waals surface area contributed by atoms with Crippen molar-refractivity contribution in [1.29, 1.82) is 5.26 Å². The van der Waals surface area contributed by atoms with Gasteiger partial charge < -0.3 is 20.8 Å². The number of aliphatic hydroxyl groups is 2. The van der Waals surface area contributed by atoms with Crippen molar-refractivity contribution in [2.24, 2.45) is 0 Å². The Labute approximate surface area is 234 Å². The molecule has 2 aromatic heterocycles. The molecule has 0 spiro atoms. The SMILES string of the molecule is CC(O)CC[C@H](NC(=O)c1cnc(-c2cc(F)cc(C#N)c2)s1)C(=O)N[C@@H](CCC(F)(F)F)C(O)c1nccs1. The second kappa shape index (κ2) is 13.8. The molecule has 0 fully saturated rings. The monoisotopic (exact) mass is 599 g/mol. The highest BCUT2D eigenvalue weighted by Gasteiger charge is 2.34. The van der Waals surface area contributed by atoms with Gasteiger partial charge in [-0.3, -0.25) is 9.59 Å². The topological polar surface area (TPSA) is 148 Å². The Balaban J connectivity index is 1.78. The van der Waals surface area contributed by atoms with Crippen LogP contribution in [0, 0.1) is 17.1 Å². The van der Waals surface area contributed by atoms with Crippen LogP contribution in [0.15, 0.2) is 36.0 Å². The first-order valence-corrected chi connectivity index (χ1v) is 13.7. The number of nitrogens with zero attached hydrogens (tertiary/aromatic N) is 3. The standard InChI is InChI=1S/C25H25F4N5O4S2/c1-13(35)2-3-18(21(37)33-17(4-5-25(27,28)29)20(36)24-31-6-7-39-24)34-22(38)19-12-32-23(40-19)15-8-14(11-30)9-16(26)10-15/h6-10,12-13,17-18,20,35-36H,2-5H2,1H3,(H,33,37)(H,34,38)/t13?,17-,18-,20?/m0/s1. The lowest BCUT2D eigenvalue weighted by Gasteiger charge is -2.26. The van der Waals surface area contributed by atoms with Gasteiger partial charge in [-0.1, -0.05) is 0 Å². The number of thiazole rings is 2. The maximum absolute atomic E-state index is 13.8. The van der Waals surface area contributed by atoms with Gasteiger partial charge in [0.15, 0.2) is 0 Å². The van der Waals surface area contributed by atoms with E-state index in [9.17, 15) is 37.4 Å². The van der Waals surface area contributed by atoms with E-state index in [0.717, 1.165) is 34.8 Å². The Morgan fingerprint density at radius 2 is 1.88 bits per heavy atom. The minimum Gasteiger partial charge on any atom is -0.393 e. The van der Waals surface area contributed by atoms with Crippen molar-refractivity contribution in [2.45, 2.75) is 63.1 Å². The van der Waals surface area contributed by atoms with Crippen LogP contribution in [0.5, 0.6) is 0 Å². The summed E-state index contributed by atoms with van der Waals surface area (Å²) in [6.07, 6.45) is -6.22. The van der Waals surface area contributed by atoms with Crippen LogP contribution in [0.25, 0.3) is 10.6 Å². The number of aliphatic hydroxyl groups excluding tert-OH is 2. The Kier molecular flexibility index (Phi) is 10.7. The molecule has 1 aromatic carbocycles. The van der Waals surface area contributed by atoms with E-state index < -0.39 is 60.9 Å². The van der Waals surface area contributed by atoms with Gasteiger partial charge in [-0.2, -0.15) is 18.4 Å². The molecule has 0 aliphatic carbocycles. The van der Waals surface area contributed by atoms with Crippen LogP contribution < -0.4 is 10.6 Å². The van der Waals surface area contributed by atoms with Gasteiger partial charge in [0, 0.05) is 23.6 Å². The van der Waals surface area contributed by atoms with Crippen LogP contribution in [0.3, 0.4) is 0 Å². The number of rotatable bonds is 12. The highest BCUT2D eigenvalue weighted by molar-refractivity contribution is 7.16. The maximum atomic E-state index is 13.8. The number of halogens is 4. The number of nitrogens with one attached hydrogen (secondary N) is 2. The molecule has 0 aliphatic heterocycles. The molecule has 2 unspecified atom stereocenters. The summed E-state index contributed by atoms with van der Waals surface area (Å²) in [4.78, 5) is 34.2. The van der Waals surface area contributed by atoms with Crippen LogP contribution in [0.2, 0.25) is 0 Å². The molecule has 214 valence electrons. The average Bonchev–Trinajstić information content (AvgIpc) is 3.60. The van der Waals surface area contributed by atoms with E-state index >= 15 is 0 Å². The van der Waals surface area contributed by atoms with Gasteiger partial charge in [-0.05, 0) is 44.4 Å².